The topological polar surface area (TPSA) is 62.5 Å². The molecule has 0 bridgehead atoms. The standard InChI is InChI=1S/C17H22Cl2N4O/c1-5-20-17(21-9-16-22-10(2)12(4)24-16)23-11(3)14-7-6-13(18)8-15(14)19/h6-8,11H,5,9H2,1-4H3,(H2,20,21,23). The summed E-state index contributed by atoms with van der Waals surface area (Å²) in [5, 5.41) is 7.77. The predicted molar refractivity (Wildman–Crippen MR) is 98.8 cm³/mol. The van der Waals surface area contributed by atoms with Crippen LogP contribution in [0.5, 0.6) is 0 Å². The lowest BCUT2D eigenvalue weighted by atomic mass is 10.1. The third kappa shape index (κ3) is 4.89. The Morgan fingerprint density at radius 2 is 2.08 bits per heavy atom. The molecule has 0 saturated carbocycles. The number of aromatic nitrogens is 1. The number of nitrogens with one attached hydrogen (secondary N) is 2. The average molecular weight is 369 g/mol. The highest BCUT2D eigenvalue weighted by atomic mass is 35.5. The Kier molecular flexibility index (Phi) is 6.52. The number of nitrogens with zero attached hydrogens (tertiary/aromatic N) is 2. The van der Waals surface area contributed by atoms with Crippen molar-refractivity contribution in [3.63, 3.8) is 0 Å². The number of hydrogen-bond acceptors (Lipinski definition) is 3. The summed E-state index contributed by atoms with van der Waals surface area (Å²) >= 11 is 12.2. The van der Waals surface area contributed by atoms with Crippen LogP contribution in [-0.2, 0) is 6.54 Å². The molecule has 1 aromatic heterocycles. The highest BCUT2D eigenvalue weighted by molar-refractivity contribution is 6.35. The van der Waals surface area contributed by atoms with Crippen molar-refractivity contribution in [2.45, 2.75) is 40.3 Å². The van der Waals surface area contributed by atoms with Crippen molar-refractivity contribution >= 4 is 29.2 Å². The van der Waals surface area contributed by atoms with E-state index in [1.54, 1.807) is 6.07 Å². The zero-order valence-electron chi connectivity index (χ0n) is 14.3. The SMILES string of the molecule is CCNC(=NCc1nc(C)c(C)o1)NC(C)c1ccc(Cl)cc1Cl. The molecule has 24 heavy (non-hydrogen) atoms. The molecule has 0 fully saturated rings. The number of halogens is 2. The van der Waals surface area contributed by atoms with Crippen LogP contribution in [0.4, 0.5) is 0 Å². The summed E-state index contributed by atoms with van der Waals surface area (Å²) in [5.74, 6) is 2.09. The highest BCUT2D eigenvalue weighted by Crippen LogP contribution is 2.26. The first kappa shape index (κ1) is 18.6. The Morgan fingerprint density at radius 1 is 1.33 bits per heavy atom. The molecule has 1 aromatic carbocycles. The van der Waals surface area contributed by atoms with E-state index in [2.05, 4.69) is 20.6 Å². The van der Waals surface area contributed by atoms with Gasteiger partial charge in [-0.15, -0.1) is 0 Å². The number of guanidine groups is 1. The van der Waals surface area contributed by atoms with Crippen molar-refractivity contribution in [1.29, 1.82) is 0 Å². The molecule has 0 radical (unpaired) electrons. The first-order valence-electron chi connectivity index (χ1n) is 7.83. The summed E-state index contributed by atoms with van der Waals surface area (Å²) in [5.41, 5.74) is 1.84. The molecule has 1 atom stereocenters. The van der Waals surface area contributed by atoms with Crippen LogP contribution in [0.15, 0.2) is 27.6 Å². The maximum atomic E-state index is 6.27. The number of rotatable bonds is 5. The van der Waals surface area contributed by atoms with E-state index in [-0.39, 0.29) is 6.04 Å². The first-order valence-corrected chi connectivity index (χ1v) is 8.59. The van der Waals surface area contributed by atoms with Gasteiger partial charge in [0.15, 0.2) is 5.96 Å². The predicted octanol–water partition coefficient (Wildman–Crippen LogP) is 4.41. The molecule has 2 aromatic rings. The van der Waals surface area contributed by atoms with E-state index in [0.717, 1.165) is 23.6 Å². The van der Waals surface area contributed by atoms with Gasteiger partial charge in [-0.05, 0) is 45.4 Å². The minimum atomic E-state index is -0.0272. The Balaban J connectivity index is 2.10. The monoisotopic (exact) mass is 368 g/mol. The van der Waals surface area contributed by atoms with Gasteiger partial charge >= 0.3 is 0 Å². The maximum absolute atomic E-state index is 6.27. The van der Waals surface area contributed by atoms with Crippen molar-refractivity contribution in [3.8, 4) is 0 Å². The zero-order valence-corrected chi connectivity index (χ0v) is 15.8. The summed E-state index contributed by atoms with van der Waals surface area (Å²) in [4.78, 5) is 8.86. The second-order valence-corrected chi connectivity index (χ2v) is 6.32. The third-order valence-corrected chi connectivity index (χ3v) is 4.13. The molecule has 0 saturated heterocycles. The Bertz CT molecular complexity index is 708. The fourth-order valence-electron chi connectivity index (χ4n) is 2.21. The lowest BCUT2D eigenvalue weighted by Crippen LogP contribution is -2.38. The van der Waals surface area contributed by atoms with Crippen LogP contribution in [-0.4, -0.2) is 17.5 Å². The van der Waals surface area contributed by atoms with Crippen LogP contribution in [0.25, 0.3) is 0 Å². The Hall–Kier alpha value is -1.72. The second kappa shape index (κ2) is 8.40. The summed E-state index contributed by atoms with van der Waals surface area (Å²) in [6.45, 7) is 8.95. The van der Waals surface area contributed by atoms with E-state index in [0.29, 0.717) is 28.4 Å². The molecule has 0 amide bonds. The lowest BCUT2D eigenvalue weighted by molar-refractivity contribution is 0.472. The van der Waals surface area contributed by atoms with Crippen LogP contribution in [0, 0.1) is 13.8 Å². The normalized spacial score (nSPS) is 13.0. The van der Waals surface area contributed by atoms with Gasteiger partial charge in [-0.2, -0.15) is 0 Å². The van der Waals surface area contributed by atoms with Gasteiger partial charge in [-0.25, -0.2) is 9.98 Å². The zero-order chi connectivity index (χ0) is 17.7. The van der Waals surface area contributed by atoms with Gasteiger partial charge in [-0.1, -0.05) is 29.3 Å². The van der Waals surface area contributed by atoms with Gasteiger partial charge in [0, 0.05) is 16.6 Å². The molecule has 2 rings (SSSR count). The largest absolute Gasteiger partial charge is 0.444 e. The average Bonchev–Trinajstić information content (AvgIpc) is 2.83. The van der Waals surface area contributed by atoms with Crippen molar-refractivity contribution in [2.24, 2.45) is 4.99 Å². The van der Waals surface area contributed by atoms with E-state index < -0.39 is 0 Å². The molecular formula is C17H22Cl2N4O. The molecule has 2 N–H and O–H groups in total. The molecule has 5 nitrogen and oxygen atoms in total. The van der Waals surface area contributed by atoms with Crippen LogP contribution >= 0.6 is 23.2 Å². The first-order chi connectivity index (χ1) is 11.4. The third-order valence-electron chi connectivity index (χ3n) is 3.57. The number of benzene rings is 1. The number of oxazole rings is 1. The van der Waals surface area contributed by atoms with Gasteiger partial charge < -0.3 is 15.1 Å². The van der Waals surface area contributed by atoms with Crippen molar-refractivity contribution in [2.75, 3.05) is 6.54 Å². The molecule has 0 aliphatic heterocycles. The van der Waals surface area contributed by atoms with Gasteiger partial charge in [0.1, 0.15) is 12.3 Å². The van der Waals surface area contributed by atoms with Crippen molar-refractivity contribution in [1.82, 2.24) is 15.6 Å². The van der Waals surface area contributed by atoms with E-state index in [9.17, 15) is 0 Å². The molecule has 1 heterocycles. The number of aryl methyl sites for hydroxylation is 2. The summed E-state index contributed by atoms with van der Waals surface area (Å²) in [6, 6.07) is 5.44. The quantitative estimate of drug-likeness (QED) is 0.605. The smallest absolute Gasteiger partial charge is 0.216 e. The van der Waals surface area contributed by atoms with Crippen molar-refractivity contribution < 1.29 is 4.42 Å². The lowest BCUT2D eigenvalue weighted by Gasteiger charge is -2.19. The van der Waals surface area contributed by atoms with E-state index in [1.165, 1.54) is 0 Å². The van der Waals surface area contributed by atoms with E-state index in [1.807, 2.05) is 39.8 Å². The van der Waals surface area contributed by atoms with Crippen LogP contribution in [0.2, 0.25) is 10.0 Å². The minimum absolute atomic E-state index is 0.0272. The van der Waals surface area contributed by atoms with Gasteiger partial charge in [0.25, 0.3) is 0 Å². The molecule has 0 aliphatic carbocycles. The molecule has 0 spiro atoms. The summed E-state index contributed by atoms with van der Waals surface area (Å²) < 4.78 is 5.56. The van der Waals surface area contributed by atoms with Crippen LogP contribution < -0.4 is 10.6 Å². The second-order valence-electron chi connectivity index (χ2n) is 5.48. The Labute approximate surface area is 152 Å². The van der Waals surface area contributed by atoms with Crippen molar-refractivity contribution in [3.05, 3.63) is 51.2 Å². The van der Waals surface area contributed by atoms with E-state index >= 15 is 0 Å². The molecule has 0 aliphatic rings. The molecular weight excluding hydrogens is 347 g/mol. The maximum Gasteiger partial charge on any atom is 0.216 e. The molecule has 1 unspecified atom stereocenters. The van der Waals surface area contributed by atoms with Gasteiger partial charge in [0.05, 0.1) is 11.7 Å². The number of hydrogen-bond donors (Lipinski definition) is 2. The van der Waals surface area contributed by atoms with Crippen LogP contribution in [0.1, 0.15) is 42.8 Å². The van der Waals surface area contributed by atoms with Crippen LogP contribution in [0.3, 0.4) is 0 Å². The van der Waals surface area contributed by atoms with Gasteiger partial charge in [-0.3, -0.25) is 0 Å². The molecule has 130 valence electrons. The summed E-state index contributed by atoms with van der Waals surface area (Å²) in [7, 11) is 0. The fraction of sp³-hybridized carbons (Fsp3) is 0.412. The Morgan fingerprint density at radius 3 is 2.67 bits per heavy atom. The van der Waals surface area contributed by atoms with Gasteiger partial charge in [0.2, 0.25) is 5.89 Å². The summed E-state index contributed by atoms with van der Waals surface area (Å²) in [6.07, 6.45) is 0. The fourth-order valence-corrected chi connectivity index (χ4v) is 2.78. The molecule has 7 heteroatoms. The van der Waals surface area contributed by atoms with E-state index in [4.69, 9.17) is 27.6 Å². The highest BCUT2D eigenvalue weighted by Gasteiger charge is 2.12. The number of aliphatic imine (C=N–C) groups is 1. The minimum Gasteiger partial charge on any atom is -0.444 e.